The molecule has 1 saturated heterocycles. The standard InChI is InChI=1S/C24H16Cl3NO3/c1-13-5-8-17(9-6-13)28-21(14-7-10-18(26)19(27)12-14)20(23(30)24(28)31)22(29)15-3-2-4-16(25)11-15/h2-12,21,29H,1H3/b22-20-. The zero-order chi connectivity index (χ0) is 22.3. The van der Waals surface area contributed by atoms with Crippen LogP contribution in [0, 0.1) is 6.92 Å². The number of rotatable bonds is 3. The van der Waals surface area contributed by atoms with E-state index in [1.165, 1.54) is 11.0 Å². The van der Waals surface area contributed by atoms with Gasteiger partial charge in [-0.15, -0.1) is 0 Å². The molecule has 1 fully saturated rings. The Bertz CT molecular complexity index is 1240. The van der Waals surface area contributed by atoms with E-state index >= 15 is 0 Å². The molecule has 31 heavy (non-hydrogen) atoms. The fraction of sp³-hybridized carbons (Fsp3) is 0.0833. The molecule has 1 unspecified atom stereocenters. The van der Waals surface area contributed by atoms with Gasteiger partial charge in [0.15, 0.2) is 0 Å². The van der Waals surface area contributed by atoms with Crippen molar-refractivity contribution in [2.45, 2.75) is 13.0 Å². The van der Waals surface area contributed by atoms with Gasteiger partial charge in [-0.1, -0.05) is 70.7 Å². The third-order valence-electron chi connectivity index (χ3n) is 5.11. The molecule has 3 aromatic carbocycles. The molecule has 0 saturated carbocycles. The minimum Gasteiger partial charge on any atom is -0.507 e. The molecule has 1 aliphatic rings. The highest BCUT2D eigenvalue weighted by Gasteiger charge is 2.47. The number of nitrogens with zero attached hydrogens (tertiary/aromatic N) is 1. The van der Waals surface area contributed by atoms with Crippen molar-refractivity contribution in [3.8, 4) is 0 Å². The second-order valence-electron chi connectivity index (χ2n) is 7.19. The molecule has 0 aliphatic carbocycles. The minimum absolute atomic E-state index is 0.0498. The first-order valence-corrected chi connectivity index (χ1v) is 10.5. The van der Waals surface area contributed by atoms with Crippen LogP contribution in [0.4, 0.5) is 5.69 Å². The average molecular weight is 473 g/mol. The lowest BCUT2D eigenvalue weighted by molar-refractivity contribution is -0.132. The maximum Gasteiger partial charge on any atom is 0.300 e. The zero-order valence-corrected chi connectivity index (χ0v) is 18.5. The summed E-state index contributed by atoms with van der Waals surface area (Å²) < 4.78 is 0. The van der Waals surface area contributed by atoms with Crippen LogP contribution in [-0.2, 0) is 9.59 Å². The molecular formula is C24H16Cl3NO3. The molecule has 4 nitrogen and oxygen atoms in total. The number of Topliss-reactive ketones (excluding diaryl/α,β-unsaturated/α-hetero) is 1. The summed E-state index contributed by atoms with van der Waals surface area (Å²) in [6.45, 7) is 1.92. The van der Waals surface area contributed by atoms with Crippen molar-refractivity contribution < 1.29 is 14.7 Å². The zero-order valence-electron chi connectivity index (χ0n) is 16.3. The molecule has 1 aliphatic heterocycles. The Balaban J connectivity index is 1.97. The van der Waals surface area contributed by atoms with Crippen molar-refractivity contribution in [1.29, 1.82) is 0 Å². The number of aliphatic hydroxyl groups excluding tert-OH is 1. The lowest BCUT2D eigenvalue weighted by Gasteiger charge is -2.26. The van der Waals surface area contributed by atoms with Crippen molar-refractivity contribution in [2.24, 2.45) is 0 Å². The van der Waals surface area contributed by atoms with Gasteiger partial charge in [-0.05, 0) is 48.9 Å². The van der Waals surface area contributed by atoms with E-state index in [0.29, 0.717) is 26.9 Å². The van der Waals surface area contributed by atoms with Gasteiger partial charge in [0.1, 0.15) is 5.76 Å². The van der Waals surface area contributed by atoms with Gasteiger partial charge in [0.25, 0.3) is 11.7 Å². The van der Waals surface area contributed by atoms with Crippen LogP contribution in [0.25, 0.3) is 5.76 Å². The van der Waals surface area contributed by atoms with Crippen LogP contribution in [0.1, 0.15) is 22.7 Å². The van der Waals surface area contributed by atoms with Crippen LogP contribution in [0.3, 0.4) is 0 Å². The maximum absolute atomic E-state index is 13.1. The van der Waals surface area contributed by atoms with Crippen molar-refractivity contribution in [2.75, 3.05) is 4.90 Å². The van der Waals surface area contributed by atoms with E-state index in [9.17, 15) is 14.7 Å². The van der Waals surface area contributed by atoms with E-state index in [1.54, 1.807) is 48.5 Å². The molecule has 7 heteroatoms. The van der Waals surface area contributed by atoms with Gasteiger partial charge in [-0.3, -0.25) is 14.5 Å². The third kappa shape index (κ3) is 3.94. The van der Waals surface area contributed by atoms with Crippen LogP contribution in [0.15, 0.2) is 72.3 Å². The van der Waals surface area contributed by atoms with Gasteiger partial charge in [-0.25, -0.2) is 0 Å². The number of ketones is 1. The third-order valence-corrected chi connectivity index (χ3v) is 6.09. The summed E-state index contributed by atoms with van der Waals surface area (Å²) in [6.07, 6.45) is 0. The number of halogens is 3. The number of carbonyl (C=O) groups is 2. The summed E-state index contributed by atoms with van der Waals surface area (Å²) in [6, 6.07) is 17.6. The monoisotopic (exact) mass is 471 g/mol. The Hall–Kier alpha value is -2.79. The summed E-state index contributed by atoms with van der Waals surface area (Å²) in [7, 11) is 0. The predicted molar refractivity (Wildman–Crippen MR) is 124 cm³/mol. The molecule has 0 bridgehead atoms. The van der Waals surface area contributed by atoms with E-state index in [0.717, 1.165) is 5.56 Å². The van der Waals surface area contributed by atoms with Gasteiger partial charge < -0.3 is 5.11 Å². The number of benzene rings is 3. The molecule has 0 spiro atoms. The van der Waals surface area contributed by atoms with Crippen LogP contribution in [0.2, 0.25) is 15.1 Å². The van der Waals surface area contributed by atoms with Crippen LogP contribution in [-0.4, -0.2) is 16.8 Å². The normalized spacial score (nSPS) is 17.9. The SMILES string of the molecule is Cc1ccc(N2C(=O)C(=O)/C(=C(\O)c3cccc(Cl)c3)C2c2ccc(Cl)c(Cl)c2)cc1. The van der Waals surface area contributed by atoms with Crippen molar-refractivity contribution in [1.82, 2.24) is 0 Å². The predicted octanol–water partition coefficient (Wildman–Crippen LogP) is 6.58. The van der Waals surface area contributed by atoms with Gasteiger partial charge in [0.2, 0.25) is 0 Å². The van der Waals surface area contributed by atoms with Crippen molar-refractivity contribution >= 4 is 57.9 Å². The van der Waals surface area contributed by atoms with E-state index in [1.807, 2.05) is 19.1 Å². The van der Waals surface area contributed by atoms with Crippen molar-refractivity contribution in [3.05, 3.63) is 104 Å². The van der Waals surface area contributed by atoms with E-state index in [-0.39, 0.29) is 16.4 Å². The van der Waals surface area contributed by atoms with E-state index in [2.05, 4.69) is 0 Å². The number of amides is 1. The number of hydrogen-bond donors (Lipinski definition) is 1. The van der Waals surface area contributed by atoms with Crippen molar-refractivity contribution in [3.63, 3.8) is 0 Å². The molecular weight excluding hydrogens is 457 g/mol. The fourth-order valence-corrected chi connectivity index (χ4v) is 4.09. The first-order chi connectivity index (χ1) is 14.8. The minimum atomic E-state index is -0.892. The second kappa shape index (κ2) is 8.39. The van der Waals surface area contributed by atoms with Crippen LogP contribution < -0.4 is 4.90 Å². The maximum atomic E-state index is 13.1. The van der Waals surface area contributed by atoms with Crippen LogP contribution >= 0.6 is 34.8 Å². The first kappa shape index (κ1) is 21.4. The Morgan fingerprint density at radius 2 is 1.61 bits per heavy atom. The highest BCUT2D eigenvalue weighted by Crippen LogP contribution is 2.43. The number of aliphatic hydroxyl groups is 1. The van der Waals surface area contributed by atoms with Gasteiger partial charge >= 0.3 is 0 Å². The summed E-state index contributed by atoms with van der Waals surface area (Å²) in [4.78, 5) is 27.5. The van der Waals surface area contributed by atoms with Crippen LogP contribution in [0.5, 0.6) is 0 Å². The second-order valence-corrected chi connectivity index (χ2v) is 8.44. The van der Waals surface area contributed by atoms with E-state index in [4.69, 9.17) is 34.8 Å². The fourth-order valence-electron chi connectivity index (χ4n) is 3.59. The van der Waals surface area contributed by atoms with E-state index < -0.39 is 17.7 Å². The number of aryl methyl sites for hydroxylation is 1. The summed E-state index contributed by atoms with van der Waals surface area (Å²) in [5.41, 5.74) is 2.35. The molecule has 156 valence electrons. The molecule has 3 aromatic rings. The summed E-state index contributed by atoms with van der Waals surface area (Å²) >= 11 is 18.4. The quantitative estimate of drug-likeness (QED) is 0.266. The molecule has 1 amide bonds. The molecule has 1 heterocycles. The smallest absolute Gasteiger partial charge is 0.300 e. The highest BCUT2D eigenvalue weighted by molar-refractivity contribution is 6.52. The summed E-state index contributed by atoms with van der Waals surface area (Å²) in [5, 5.41) is 12.1. The Morgan fingerprint density at radius 3 is 2.26 bits per heavy atom. The molecule has 0 radical (unpaired) electrons. The molecule has 1 atom stereocenters. The number of hydrogen-bond acceptors (Lipinski definition) is 3. The lowest BCUT2D eigenvalue weighted by Crippen LogP contribution is -2.29. The van der Waals surface area contributed by atoms with Gasteiger partial charge in [0.05, 0.1) is 21.7 Å². The Kier molecular flexibility index (Phi) is 5.80. The topological polar surface area (TPSA) is 57.6 Å². The molecule has 0 aromatic heterocycles. The summed E-state index contributed by atoms with van der Waals surface area (Å²) in [5.74, 6) is -1.86. The average Bonchev–Trinajstić information content (AvgIpc) is 3.01. The Labute approximate surface area is 194 Å². The highest BCUT2D eigenvalue weighted by atomic mass is 35.5. The Morgan fingerprint density at radius 1 is 0.903 bits per heavy atom. The molecule has 1 N–H and O–H groups in total. The largest absolute Gasteiger partial charge is 0.507 e. The van der Waals surface area contributed by atoms with Gasteiger partial charge in [0, 0.05) is 16.3 Å². The van der Waals surface area contributed by atoms with Gasteiger partial charge in [-0.2, -0.15) is 0 Å². The first-order valence-electron chi connectivity index (χ1n) is 9.36. The lowest BCUT2D eigenvalue weighted by atomic mass is 9.95. The molecule has 4 rings (SSSR count). The number of anilines is 1. The number of carbonyl (C=O) groups excluding carboxylic acids is 2.